The van der Waals surface area contributed by atoms with Crippen LogP contribution < -0.4 is 4.74 Å². The number of halogens is 2. The van der Waals surface area contributed by atoms with Crippen molar-refractivity contribution in [3.63, 3.8) is 0 Å². The van der Waals surface area contributed by atoms with Crippen LogP contribution in [0.4, 0.5) is 4.39 Å². The molecule has 37 heavy (non-hydrogen) atoms. The molecule has 204 valence electrons. The number of hydrogen-bond acceptors (Lipinski definition) is 4. The summed E-state index contributed by atoms with van der Waals surface area (Å²) in [6.07, 6.45) is 1.64. The fraction of sp³-hybridized carbons (Fsp3) is 0.517. The first-order valence-electron chi connectivity index (χ1n) is 13.0. The van der Waals surface area contributed by atoms with Crippen molar-refractivity contribution >= 4 is 23.4 Å². The highest BCUT2D eigenvalue weighted by Gasteiger charge is 2.29. The largest absolute Gasteiger partial charge is 0.491 e. The van der Waals surface area contributed by atoms with E-state index in [0.29, 0.717) is 36.7 Å². The lowest BCUT2D eigenvalue weighted by molar-refractivity contribution is -0.135. The van der Waals surface area contributed by atoms with Gasteiger partial charge in [0.2, 0.25) is 5.91 Å². The van der Waals surface area contributed by atoms with Gasteiger partial charge in [0.1, 0.15) is 18.5 Å². The number of benzene rings is 2. The minimum atomic E-state index is -1.12. The van der Waals surface area contributed by atoms with Gasteiger partial charge >= 0.3 is 0 Å². The fourth-order valence-corrected chi connectivity index (χ4v) is 4.61. The molecule has 0 aliphatic carbocycles. The summed E-state index contributed by atoms with van der Waals surface area (Å²) in [6.45, 7) is 4.95. The third kappa shape index (κ3) is 9.00. The molecule has 0 spiro atoms. The third-order valence-corrected chi connectivity index (χ3v) is 6.82. The van der Waals surface area contributed by atoms with Crippen molar-refractivity contribution in [2.45, 2.75) is 51.6 Å². The van der Waals surface area contributed by atoms with E-state index < -0.39 is 12.1 Å². The van der Waals surface area contributed by atoms with E-state index in [0.717, 1.165) is 24.8 Å². The number of alkyl halides is 1. The van der Waals surface area contributed by atoms with Gasteiger partial charge < -0.3 is 19.6 Å². The summed E-state index contributed by atoms with van der Waals surface area (Å²) in [7, 11) is 3.30. The molecule has 8 heteroatoms. The molecule has 0 radical (unpaired) electrons. The van der Waals surface area contributed by atoms with Gasteiger partial charge in [0.15, 0.2) is 0 Å². The topological polar surface area (TPSA) is 70.1 Å². The summed E-state index contributed by atoms with van der Waals surface area (Å²) in [4.78, 5) is 28.2. The van der Waals surface area contributed by atoms with Gasteiger partial charge in [-0.25, -0.2) is 4.39 Å². The van der Waals surface area contributed by atoms with Crippen molar-refractivity contribution in [3.8, 4) is 5.75 Å². The molecular formula is C29H40ClFN2O4. The van der Waals surface area contributed by atoms with Gasteiger partial charge in [0, 0.05) is 27.2 Å². The number of amides is 2. The van der Waals surface area contributed by atoms with Crippen molar-refractivity contribution in [2.24, 2.45) is 5.92 Å². The summed E-state index contributed by atoms with van der Waals surface area (Å²) >= 11 is 6.18. The lowest BCUT2D eigenvalue weighted by Crippen LogP contribution is -2.42. The first-order valence-corrected chi connectivity index (χ1v) is 13.4. The van der Waals surface area contributed by atoms with E-state index in [1.54, 1.807) is 26.2 Å². The predicted octanol–water partition coefficient (Wildman–Crippen LogP) is 5.58. The number of likely N-dealkylation sites (tertiary alicyclic amines) is 1. The van der Waals surface area contributed by atoms with Gasteiger partial charge in [-0.2, -0.15) is 0 Å². The maximum atomic E-state index is 14.5. The number of nitrogens with zero attached hydrogens (tertiary/aromatic N) is 2. The first-order chi connectivity index (χ1) is 17.8. The lowest BCUT2D eigenvalue weighted by atomic mass is 9.90. The Morgan fingerprint density at radius 2 is 1.78 bits per heavy atom. The van der Waals surface area contributed by atoms with Crippen LogP contribution in [0.2, 0.25) is 5.02 Å². The van der Waals surface area contributed by atoms with Crippen LogP contribution in [0.1, 0.15) is 61.4 Å². The van der Waals surface area contributed by atoms with Crippen LogP contribution in [0.15, 0.2) is 48.5 Å². The second-order valence-electron chi connectivity index (χ2n) is 9.24. The van der Waals surface area contributed by atoms with Gasteiger partial charge in [0.25, 0.3) is 5.91 Å². The Morgan fingerprint density at radius 1 is 1.14 bits per heavy atom. The zero-order valence-corrected chi connectivity index (χ0v) is 23.1. The lowest BCUT2D eigenvalue weighted by Gasteiger charge is -2.34. The summed E-state index contributed by atoms with van der Waals surface area (Å²) in [6, 6.07) is 14.1. The Bertz CT molecular complexity index is 981. The van der Waals surface area contributed by atoms with Crippen molar-refractivity contribution in [1.82, 2.24) is 9.80 Å². The molecule has 6 nitrogen and oxygen atoms in total. The maximum Gasteiger partial charge on any atom is 0.254 e. The zero-order chi connectivity index (χ0) is 27.4. The minimum Gasteiger partial charge on any atom is -0.491 e. The van der Waals surface area contributed by atoms with E-state index in [1.807, 2.05) is 49.1 Å². The maximum absolute atomic E-state index is 14.5. The molecule has 1 saturated heterocycles. The number of aliphatic hydroxyl groups excluding tert-OH is 1. The molecule has 2 unspecified atom stereocenters. The van der Waals surface area contributed by atoms with Crippen LogP contribution in [0, 0.1) is 5.92 Å². The smallest absolute Gasteiger partial charge is 0.254 e. The normalized spacial score (nSPS) is 15.3. The quantitative estimate of drug-likeness (QED) is 0.432. The molecule has 0 bridgehead atoms. The predicted molar refractivity (Wildman–Crippen MR) is 146 cm³/mol. The molecule has 0 aromatic heterocycles. The van der Waals surface area contributed by atoms with E-state index >= 15 is 0 Å². The average Bonchev–Trinajstić information content (AvgIpc) is 2.92. The first kappa shape index (κ1) is 30.6. The van der Waals surface area contributed by atoms with Crippen molar-refractivity contribution in [1.29, 1.82) is 0 Å². The van der Waals surface area contributed by atoms with Crippen molar-refractivity contribution in [3.05, 3.63) is 64.7 Å². The number of aliphatic hydroxyl groups is 1. The standard InChI is InChI=1S/C27H34ClFN2O4.C2H6/c1-30(2)26(33)23-11-10-22(16-25(23)28)35-18-21(29)9-8-19-12-14-31(15-13-19)27(34)24(17-32)20-6-4-3-5-7-20;1-2/h3-7,10-11,16,19,21,24,32H,8-9,12-15,17-18H2,1-2H3;1-2H3. The highest BCUT2D eigenvalue weighted by molar-refractivity contribution is 6.34. The SMILES string of the molecule is CC.CN(C)C(=O)c1ccc(OCC(F)CCC2CCN(C(=O)C(CO)c3ccccc3)CC2)cc1Cl. The second kappa shape index (κ2) is 15.6. The number of rotatable bonds is 10. The second-order valence-corrected chi connectivity index (χ2v) is 9.65. The molecule has 3 rings (SSSR count). The van der Waals surface area contributed by atoms with E-state index in [9.17, 15) is 19.1 Å². The summed E-state index contributed by atoms with van der Waals surface area (Å²) in [5.74, 6) is -0.0109. The van der Waals surface area contributed by atoms with Gasteiger partial charge in [-0.3, -0.25) is 9.59 Å². The van der Waals surface area contributed by atoms with E-state index in [-0.39, 0.29) is 30.1 Å². The van der Waals surface area contributed by atoms with Crippen LogP contribution in [0.3, 0.4) is 0 Å². The van der Waals surface area contributed by atoms with Crippen LogP contribution in [0.5, 0.6) is 5.75 Å². The number of piperidine rings is 1. The number of carbonyl (C=O) groups is 2. The molecule has 1 heterocycles. The van der Waals surface area contributed by atoms with E-state index in [4.69, 9.17) is 16.3 Å². The minimum absolute atomic E-state index is 0.0501. The molecule has 2 amide bonds. The number of ether oxygens (including phenoxy) is 1. The van der Waals surface area contributed by atoms with Crippen molar-refractivity contribution < 1.29 is 23.8 Å². The summed E-state index contributed by atoms with van der Waals surface area (Å²) in [5, 5.41) is 10.0. The fourth-order valence-electron chi connectivity index (χ4n) is 4.36. The van der Waals surface area contributed by atoms with Crippen LogP contribution in [0.25, 0.3) is 0 Å². The Kier molecular flexibility index (Phi) is 12.9. The third-order valence-electron chi connectivity index (χ3n) is 6.50. The molecule has 1 fully saturated rings. The van der Waals surface area contributed by atoms with Gasteiger partial charge in [-0.05, 0) is 55.4 Å². The van der Waals surface area contributed by atoms with E-state index in [2.05, 4.69) is 0 Å². The van der Waals surface area contributed by atoms with Crippen LogP contribution in [-0.4, -0.2) is 73.3 Å². The van der Waals surface area contributed by atoms with Crippen LogP contribution >= 0.6 is 11.6 Å². The van der Waals surface area contributed by atoms with Crippen molar-refractivity contribution in [2.75, 3.05) is 40.4 Å². The Labute approximate surface area is 225 Å². The Hall–Kier alpha value is -2.64. The van der Waals surface area contributed by atoms with Gasteiger partial charge in [-0.1, -0.05) is 55.8 Å². The molecule has 0 saturated carbocycles. The molecule has 2 aromatic carbocycles. The molecule has 1 aliphatic heterocycles. The Balaban J connectivity index is 0.00000235. The molecular weight excluding hydrogens is 495 g/mol. The number of hydrogen-bond donors (Lipinski definition) is 1. The Morgan fingerprint density at radius 3 is 2.35 bits per heavy atom. The van der Waals surface area contributed by atoms with Gasteiger partial charge in [-0.15, -0.1) is 0 Å². The van der Waals surface area contributed by atoms with Crippen LogP contribution in [-0.2, 0) is 4.79 Å². The molecule has 2 atom stereocenters. The highest BCUT2D eigenvalue weighted by Crippen LogP contribution is 2.27. The molecule has 2 aromatic rings. The molecule has 1 aliphatic rings. The highest BCUT2D eigenvalue weighted by atomic mass is 35.5. The van der Waals surface area contributed by atoms with E-state index in [1.165, 1.54) is 11.0 Å². The van der Waals surface area contributed by atoms with Gasteiger partial charge in [0.05, 0.1) is 23.1 Å². The summed E-state index contributed by atoms with van der Waals surface area (Å²) in [5.41, 5.74) is 1.20. The monoisotopic (exact) mass is 534 g/mol. The zero-order valence-electron chi connectivity index (χ0n) is 22.3. The summed E-state index contributed by atoms with van der Waals surface area (Å²) < 4.78 is 20.0. The number of carbonyl (C=O) groups excluding carboxylic acids is 2. The average molecular weight is 535 g/mol. The molecule has 1 N–H and O–H groups in total.